The highest BCUT2D eigenvalue weighted by Crippen LogP contribution is 2.37. The molecule has 1 unspecified atom stereocenters. The summed E-state index contributed by atoms with van der Waals surface area (Å²) in [7, 11) is 0. The number of hydrogen-bond acceptors (Lipinski definition) is 2. The van der Waals surface area contributed by atoms with Gasteiger partial charge in [-0.05, 0) is 50.5 Å². The molecule has 2 aliphatic rings. The molecule has 1 saturated carbocycles. The molecule has 0 spiro atoms. The van der Waals surface area contributed by atoms with Gasteiger partial charge in [-0.25, -0.2) is 0 Å². The topological polar surface area (TPSA) is 18.5 Å². The standard InChI is InChI=1S/C18H24F2O2/c1-11-3-6-13(7-4-11)10-21-15-9-14-8-5-12(2)22-18(14)17(20)16(15)19/h9,11-13H,3-8,10H2,1-2H3. The summed E-state index contributed by atoms with van der Waals surface area (Å²) in [4.78, 5) is 0. The highest BCUT2D eigenvalue weighted by molar-refractivity contribution is 5.44. The van der Waals surface area contributed by atoms with Gasteiger partial charge in [-0.2, -0.15) is 8.78 Å². The third-order valence-electron chi connectivity index (χ3n) is 4.95. The van der Waals surface area contributed by atoms with Crippen LogP contribution < -0.4 is 9.47 Å². The SMILES string of the molecule is CC1CCC(COc2cc3c(c(F)c2F)OC(C)CC3)CC1. The maximum absolute atomic E-state index is 14.2. The van der Waals surface area contributed by atoms with Gasteiger partial charge in [-0.1, -0.05) is 19.8 Å². The third-order valence-corrected chi connectivity index (χ3v) is 4.95. The Labute approximate surface area is 130 Å². The number of ether oxygens (including phenoxy) is 2. The number of aryl methyl sites for hydroxylation is 1. The molecule has 4 heteroatoms. The highest BCUT2D eigenvalue weighted by atomic mass is 19.2. The zero-order valence-electron chi connectivity index (χ0n) is 13.3. The molecule has 1 heterocycles. The lowest BCUT2D eigenvalue weighted by atomic mass is 9.83. The van der Waals surface area contributed by atoms with Crippen LogP contribution in [0, 0.1) is 23.5 Å². The first-order valence-electron chi connectivity index (χ1n) is 8.35. The van der Waals surface area contributed by atoms with E-state index in [1.165, 1.54) is 12.8 Å². The van der Waals surface area contributed by atoms with E-state index in [1.807, 2.05) is 6.92 Å². The first-order valence-corrected chi connectivity index (χ1v) is 8.35. The van der Waals surface area contributed by atoms with Crippen molar-refractivity contribution >= 4 is 0 Å². The lowest BCUT2D eigenvalue weighted by Crippen LogP contribution is -2.22. The monoisotopic (exact) mass is 310 g/mol. The molecule has 0 aromatic heterocycles. The minimum Gasteiger partial charge on any atom is -0.490 e. The first-order chi connectivity index (χ1) is 10.5. The van der Waals surface area contributed by atoms with Gasteiger partial charge in [0.25, 0.3) is 0 Å². The molecule has 1 aromatic rings. The van der Waals surface area contributed by atoms with Gasteiger partial charge in [0.1, 0.15) is 0 Å². The molecule has 22 heavy (non-hydrogen) atoms. The number of hydrogen-bond donors (Lipinski definition) is 0. The predicted molar refractivity (Wildman–Crippen MR) is 81.4 cm³/mol. The van der Waals surface area contributed by atoms with E-state index in [1.54, 1.807) is 6.07 Å². The molecule has 1 fully saturated rings. The number of rotatable bonds is 3. The van der Waals surface area contributed by atoms with Crippen LogP contribution in [-0.2, 0) is 6.42 Å². The fraction of sp³-hybridized carbons (Fsp3) is 0.667. The van der Waals surface area contributed by atoms with E-state index < -0.39 is 11.6 Å². The van der Waals surface area contributed by atoms with Crippen molar-refractivity contribution in [2.45, 2.75) is 58.5 Å². The van der Waals surface area contributed by atoms with Crippen molar-refractivity contribution in [1.29, 1.82) is 0 Å². The van der Waals surface area contributed by atoms with Crippen LogP contribution in [0.1, 0.15) is 51.5 Å². The Morgan fingerprint density at radius 3 is 2.55 bits per heavy atom. The summed E-state index contributed by atoms with van der Waals surface area (Å²) in [6, 6.07) is 1.62. The molecular weight excluding hydrogens is 286 g/mol. The Morgan fingerprint density at radius 2 is 1.82 bits per heavy atom. The molecule has 0 bridgehead atoms. The van der Waals surface area contributed by atoms with E-state index >= 15 is 0 Å². The average Bonchev–Trinajstić information content (AvgIpc) is 2.52. The zero-order chi connectivity index (χ0) is 15.7. The molecule has 1 atom stereocenters. The van der Waals surface area contributed by atoms with Gasteiger partial charge >= 0.3 is 0 Å². The summed E-state index contributed by atoms with van der Waals surface area (Å²) in [6.45, 7) is 4.60. The summed E-state index contributed by atoms with van der Waals surface area (Å²) >= 11 is 0. The molecule has 3 rings (SSSR count). The number of benzene rings is 1. The highest BCUT2D eigenvalue weighted by Gasteiger charge is 2.26. The third kappa shape index (κ3) is 3.21. The fourth-order valence-electron chi connectivity index (χ4n) is 3.38. The van der Waals surface area contributed by atoms with Crippen LogP contribution >= 0.6 is 0 Å². The van der Waals surface area contributed by atoms with Crippen molar-refractivity contribution in [2.24, 2.45) is 11.8 Å². The second-order valence-corrected chi connectivity index (χ2v) is 6.89. The lowest BCUT2D eigenvalue weighted by molar-refractivity contribution is 0.169. The van der Waals surface area contributed by atoms with E-state index in [4.69, 9.17) is 9.47 Å². The zero-order valence-corrected chi connectivity index (χ0v) is 13.3. The van der Waals surface area contributed by atoms with Crippen molar-refractivity contribution < 1.29 is 18.3 Å². The van der Waals surface area contributed by atoms with Gasteiger partial charge in [-0.15, -0.1) is 0 Å². The summed E-state index contributed by atoms with van der Waals surface area (Å²) < 4.78 is 39.4. The first kappa shape index (κ1) is 15.6. The lowest BCUT2D eigenvalue weighted by Gasteiger charge is -2.27. The number of fused-ring (bicyclic) bond motifs is 1. The maximum Gasteiger partial charge on any atom is 0.204 e. The molecule has 0 radical (unpaired) electrons. The van der Waals surface area contributed by atoms with E-state index in [0.29, 0.717) is 24.5 Å². The van der Waals surface area contributed by atoms with Gasteiger partial charge in [0.05, 0.1) is 12.7 Å². The van der Waals surface area contributed by atoms with Gasteiger partial charge in [-0.3, -0.25) is 0 Å². The smallest absolute Gasteiger partial charge is 0.204 e. The van der Waals surface area contributed by atoms with Gasteiger partial charge < -0.3 is 9.47 Å². The molecular formula is C18H24F2O2. The van der Waals surface area contributed by atoms with E-state index in [9.17, 15) is 8.78 Å². The molecule has 122 valence electrons. The quantitative estimate of drug-likeness (QED) is 0.792. The minimum absolute atomic E-state index is 0.0352. The molecule has 1 aromatic carbocycles. The second-order valence-electron chi connectivity index (χ2n) is 6.89. The van der Waals surface area contributed by atoms with Gasteiger partial charge in [0, 0.05) is 5.56 Å². The van der Waals surface area contributed by atoms with Gasteiger partial charge in [0.2, 0.25) is 11.6 Å². The van der Waals surface area contributed by atoms with Crippen LogP contribution in [0.4, 0.5) is 8.78 Å². The molecule has 1 aliphatic heterocycles. The predicted octanol–water partition coefficient (Wildman–Crippen LogP) is 4.88. The van der Waals surface area contributed by atoms with Crippen molar-refractivity contribution in [3.05, 3.63) is 23.3 Å². The Bertz CT molecular complexity index is 536. The Hall–Kier alpha value is -1.32. The maximum atomic E-state index is 14.2. The molecule has 0 amide bonds. The number of halogens is 2. The van der Waals surface area contributed by atoms with Crippen molar-refractivity contribution in [2.75, 3.05) is 6.61 Å². The Morgan fingerprint density at radius 1 is 1.09 bits per heavy atom. The molecule has 0 saturated heterocycles. The van der Waals surface area contributed by atoms with E-state index in [0.717, 1.165) is 25.2 Å². The average molecular weight is 310 g/mol. The minimum atomic E-state index is -0.919. The Balaban J connectivity index is 1.70. The van der Waals surface area contributed by atoms with Crippen LogP contribution in [0.5, 0.6) is 11.5 Å². The molecule has 0 N–H and O–H groups in total. The summed E-state index contributed by atoms with van der Waals surface area (Å²) in [5.41, 5.74) is 0.712. The largest absolute Gasteiger partial charge is 0.490 e. The van der Waals surface area contributed by atoms with Crippen LogP contribution in [0.3, 0.4) is 0 Å². The normalized spacial score (nSPS) is 27.9. The summed E-state index contributed by atoms with van der Waals surface area (Å²) in [5.74, 6) is -0.504. The fourth-order valence-corrected chi connectivity index (χ4v) is 3.38. The summed E-state index contributed by atoms with van der Waals surface area (Å²) in [6.07, 6.45) is 6.05. The van der Waals surface area contributed by atoms with Crippen LogP contribution in [0.2, 0.25) is 0 Å². The summed E-state index contributed by atoms with van der Waals surface area (Å²) in [5, 5.41) is 0. The van der Waals surface area contributed by atoms with Crippen LogP contribution in [-0.4, -0.2) is 12.7 Å². The van der Waals surface area contributed by atoms with E-state index in [2.05, 4.69) is 6.92 Å². The van der Waals surface area contributed by atoms with Crippen molar-refractivity contribution in [1.82, 2.24) is 0 Å². The van der Waals surface area contributed by atoms with Crippen LogP contribution in [0.15, 0.2) is 6.07 Å². The molecule has 1 aliphatic carbocycles. The second kappa shape index (κ2) is 6.43. The molecule has 2 nitrogen and oxygen atoms in total. The van der Waals surface area contributed by atoms with Gasteiger partial charge in [0.15, 0.2) is 11.5 Å². The van der Waals surface area contributed by atoms with Crippen molar-refractivity contribution in [3.63, 3.8) is 0 Å². The van der Waals surface area contributed by atoms with E-state index in [-0.39, 0.29) is 17.6 Å². The Kier molecular flexibility index (Phi) is 4.55. The van der Waals surface area contributed by atoms with Crippen LogP contribution in [0.25, 0.3) is 0 Å². The van der Waals surface area contributed by atoms with Crippen molar-refractivity contribution in [3.8, 4) is 11.5 Å².